The van der Waals surface area contributed by atoms with Crippen molar-refractivity contribution in [2.75, 3.05) is 26.2 Å². The number of carbonyl (C=O) groups excluding carboxylic acids is 1. The van der Waals surface area contributed by atoms with Gasteiger partial charge in [0.15, 0.2) is 0 Å². The summed E-state index contributed by atoms with van der Waals surface area (Å²) in [6.07, 6.45) is 4.60. The molecule has 1 fully saturated rings. The minimum absolute atomic E-state index is 0.0922. The topological polar surface area (TPSA) is 44.4 Å². The molecule has 1 saturated heterocycles. The van der Waals surface area contributed by atoms with E-state index in [9.17, 15) is 4.79 Å². The van der Waals surface area contributed by atoms with Crippen LogP contribution in [0.3, 0.4) is 0 Å². The molecule has 2 heterocycles. The molecule has 2 amide bonds. The number of hydrogen-bond donors (Lipinski definition) is 2. The van der Waals surface area contributed by atoms with E-state index in [1.165, 1.54) is 17.5 Å². The summed E-state index contributed by atoms with van der Waals surface area (Å²) >= 11 is 0. The van der Waals surface area contributed by atoms with E-state index in [-0.39, 0.29) is 12.1 Å². The van der Waals surface area contributed by atoms with Crippen LogP contribution in [0.2, 0.25) is 0 Å². The Kier molecular flexibility index (Phi) is 4.21. The van der Waals surface area contributed by atoms with Crippen molar-refractivity contribution in [3.8, 4) is 0 Å². The maximum atomic E-state index is 12.1. The Balaban J connectivity index is 1.57. The highest BCUT2D eigenvalue weighted by Gasteiger charge is 2.21. The van der Waals surface area contributed by atoms with Gasteiger partial charge in [-0.3, -0.25) is 0 Å². The van der Waals surface area contributed by atoms with E-state index in [0.29, 0.717) is 6.54 Å². The molecule has 1 unspecified atom stereocenters. The Hall–Kier alpha value is -1.55. The van der Waals surface area contributed by atoms with Gasteiger partial charge in [-0.05, 0) is 43.4 Å². The lowest BCUT2D eigenvalue weighted by molar-refractivity contribution is 0.185. The van der Waals surface area contributed by atoms with Crippen molar-refractivity contribution in [2.45, 2.75) is 31.7 Å². The van der Waals surface area contributed by atoms with Crippen LogP contribution in [0.4, 0.5) is 4.79 Å². The molecule has 1 aromatic carbocycles. The maximum absolute atomic E-state index is 12.1. The van der Waals surface area contributed by atoms with Crippen LogP contribution < -0.4 is 10.6 Å². The molecule has 0 bridgehead atoms. The summed E-state index contributed by atoms with van der Waals surface area (Å²) in [5.74, 6) is 0. The zero-order chi connectivity index (χ0) is 13.8. The number of benzene rings is 1. The summed E-state index contributed by atoms with van der Waals surface area (Å²) in [6, 6.07) is 8.86. The predicted molar refractivity (Wildman–Crippen MR) is 79.7 cm³/mol. The van der Waals surface area contributed by atoms with Crippen LogP contribution in [0.25, 0.3) is 0 Å². The molecule has 0 aliphatic carbocycles. The van der Waals surface area contributed by atoms with E-state index in [4.69, 9.17) is 0 Å². The Labute approximate surface area is 120 Å². The van der Waals surface area contributed by atoms with Crippen molar-refractivity contribution in [3.63, 3.8) is 0 Å². The third-order valence-corrected chi connectivity index (χ3v) is 4.32. The third kappa shape index (κ3) is 2.96. The van der Waals surface area contributed by atoms with E-state index < -0.39 is 0 Å². The number of amides is 2. The number of piperidine rings is 1. The average Bonchev–Trinajstić information content (AvgIpc) is 2.53. The minimum Gasteiger partial charge on any atom is -0.336 e. The fraction of sp³-hybridized carbons (Fsp3) is 0.562. The summed E-state index contributed by atoms with van der Waals surface area (Å²) in [7, 11) is 0. The van der Waals surface area contributed by atoms with Crippen molar-refractivity contribution < 1.29 is 4.79 Å². The number of nitrogens with zero attached hydrogens (tertiary/aromatic N) is 1. The number of likely N-dealkylation sites (tertiary alicyclic amines) is 1. The Bertz CT molecular complexity index is 469. The van der Waals surface area contributed by atoms with E-state index >= 15 is 0 Å². The fourth-order valence-corrected chi connectivity index (χ4v) is 3.17. The van der Waals surface area contributed by atoms with Gasteiger partial charge >= 0.3 is 6.03 Å². The summed E-state index contributed by atoms with van der Waals surface area (Å²) in [5.41, 5.74) is 2.74. The first-order valence-corrected chi connectivity index (χ1v) is 7.68. The fourth-order valence-electron chi connectivity index (χ4n) is 3.17. The molecule has 3 rings (SSSR count). The molecule has 0 saturated carbocycles. The maximum Gasteiger partial charge on any atom is 0.317 e. The molecule has 2 aliphatic rings. The zero-order valence-corrected chi connectivity index (χ0v) is 11.9. The smallest absolute Gasteiger partial charge is 0.317 e. The SMILES string of the molecule is O=C(NCC1NCCc2ccccc21)N1CCCCC1. The number of fused-ring (bicyclic) bond motifs is 1. The molecular weight excluding hydrogens is 250 g/mol. The Morgan fingerprint density at radius 2 is 2.05 bits per heavy atom. The van der Waals surface area contributed by atoms with Crippen LogP contribution in [-0.2, 0) is 6.42 Å². The first kappa shape index (κ1) is 13.4. The molecule has 2 N–H and O–H groups in total. The number of carbonyl (C=O) groups is 1. The molecule has 2 aliphatic heterocycles. The highest BCUT2D eigenvalue weighted by molar-refractivity contribution is 5.74. The number of rotatable bonds is 2. The quantitative estimate of drug-likeness (QED) is 0.866. The second-order valence-electron chi connectivity index (χ2n) is 5.69. The van der Waals surface area contributed by atoms with Crippen LogP contribution in [0.15, 0.2) is 24.3 Å². The monoisotopic (exact) mass is 273 g/mol. The molecule has 0 spiro atoms. The zero-order valence-electron chi connectivity index (χ0n) is 11.9. The largest absolute Gasteiger partial charge is 0.336 e. The lowest BCUT2D eigenvalue weighted by atomic mass is 9.94. The highest BCUT2D eigenvalue weighted by Crippen LogP contribution is 2.21. The van der Waals surface area contributed by atoms with Crippen molar-refractivity contribution in [1.29, 1.82) is 0 Å². The molecule has 4 nitrogen and oxygen atoms in total. The number of hydrogen-bond acceptors (Lipinski definition) is 2. The van der Waals surface area contributed by atoms with E-state index in [2.05, 4.69) is 34.9 Å². The normalized spacial score (nSPS) is 22.2. The van der Waals surface area contributed by atoms with Crippen molar-refractivity contribution in [1.82, 2.24) is 15.5 Å². The number of nitrogens with one attached hydrogen (secondary N) is 2. The second-order valence-corrected chi connectivity index (χ2v) is 5.69. The van der Waals surface area contributed by atoms with E-state index in [1.807, 2.05) is 4.90 Å². The Morgan fingerprint density at radius 1 is 1.25 bits per heavy atom. The summed E-state index contributed by atoms with van der Waals surface area (Å²) in [5, 5.41) is 6.59. The van der Waals surface area contributed by atoms with Gasteiger partial charge in [0.05, 0.1) is 0 Å². The molecule has 20 heavy (non-hydrogen) atoms. The molecular formula is C16H23N3O. The molecule has 1 atom stereocenters. The first-order chi connectivity index (χ1) is 9.84. The van der Waals surface area contributed by atoms with Crippen molar-refractivity contribution in [3.05, 3.63) is 35.4 Å². The van der Waals surface area contributed by atoms with Gasteiger partial charge in [0, 0.05) is 25.7 Å². The first-order valence-electron chi connectivity index (χ1n) is 7.68. The standard InChI is InChI=1S/C16H23N3O/c20-16(19-10-4-1-5-11-19)18-12-15-14-7-3-2-6-13(14)8-9-17-15/h2-3,6-7,15,17H,1,4-5,8-12H2,(H,18,20). The summed E-state index contributed by atoms with van der Waals surface area (Å²) in [6.45, 7) is 3.47. The van der Waals surface area contributed by atoms with Crippen LogP contribution in [0.1, 0.15) is 36.4 Å². The Morgan fingerprint density at radius 3 is 2.90 bits per heavy atom. The molecule has 4 heteroatoms. The van der Waals surface area contributed by atoms with Gasteiger partial charge < -0.3 is 15.5 Å². The molecule has 0 aromatic heterocycles. The third-order valence-electron chi connectivity index (χ3n) is 4.32. The average molecular weight is 273 g/mol. The predicted octanol–water partition coefficient (Wildman–Crippen LogP) is 2.07. The van der Waals surface area contributed by atoms with Crippen LogP contribution >= 0.6 is 0 Å². The lowest BCUT2D eigenvalue weighted by Crippen LogP contribution is -2.46. The highest BCUT2D eigenvalue weighted by atomic mass is 16.2. The van der Waals surface area contributed by atoms with Gasteiger partial charge in [-0.2, -0.15) is 0 Å². The van der Waals surface area contributed by atoms with Gasteiger partial charge in [-0.1, -0.05) is 24.3 Å². The van der Waals surface area contributed by atoms with E-state index in [0.717, 1.165) is 38.9 Å². The van der Waals surface area contributed by atoms with Gasteiger partial charge in [0.1, 0.15) is 0 Å². The lowest BCUT2D eigenvalue weighted by Gasteiger charge is -2.30. The van der Waals surface area contributed by atoms with E-state index in [1.54, 1.807) is 0 Å². The number of urea groups is 1. The minimum atomic E-state index is 0.0922. The molecule has 0 radical (unpaired) electrons. The molecule has 108 valence electrons. The summed E-state index contributed by atoms with van der Waals surface area (Å²) < 4.78 is 0. The van der Waals surface area contributed by atoms with Gasteiger partial charge in [-0.25, -0.2) is 4.79 Å². The van der Waals surface area contributed by atoms with Gasteiger partial charge in [-0.15, -0.1) is 0 Å². The van der Waals surface area contributed by atoms with Crippen molar-refractivity contribution in [2.24, 2.45) is 0 Å². The van der Waals surface area contributed by atoms with Crippen molar-refractivity contribution >= 4 is 6.03 Å². The summed E-state index contributed by atoms with van der Waals surface area (Å²) in [4.78, 5) is 14.1. The molecule has 1 aromatic rings. The van der Waals surface area contributed by atoms with Crippen LogP contribution in [0, 0.1) is 0 Å². The van der Waals surface area contributed by atoms with Gasteiger partial charge in [0.25, 0.3) is 0 Å². The van der Waals surface area contributed by atoms with Gasteiger partial charge in [0.2, 0.25) is 0 Å². The van der Waals surface area contributed by atoms with Crippen LogP contribution in [-0.4, -0.2) is 37.1 Å². The van der Waals surface area contributed by atoms with Crippen LogP contribution in [0.5, 0.6) is 0 Å². The second kappa shape index (κ2) is 6.27.